The Labute approximate surface area is 107 Å². The number of hydrogen-bond donors (Lipinski definition) is 0. The van der Waals surface area contributed by atoms with Gasteiger partial charge in [0.1, 0.15) is 0 Å². The molecular weight excluding hydrogens is 237 g/mol. The number of alkyl halides is 3. The van der Waals surface area contributed by atoms with Crippen molar-refractivity contribution in [3.8, 4) is 0 Å². The Kier molecular flexibility index (Phi) is 5.96. The molecule has 0 heterocycles. The zero-order chi connectivity index (χ0) is 13.4. The maximum atomic E-state index is 12.3. The van der Waals surface area contributed by atoms with Crippen molar-refractivity contribution in [3.05, 3.63) is 41.5 Å². The Morgan fingerprint density at radius 2 is 1.67 bits per heavy atom. The Bertz CT molecular complexity index is 360. The van der Waals surface area contributed by atoms with Crippen LogP contribution < -0.4 is 0 Å². The van der Waals surface area contributed by atoms with Gasteiger partial charge in [-0.2, -0.15) is 13.2 Å². The zero-order valence-corrected chi connectivity index (χ0v) is 10.6. The molecule has 0 aromatic heterocycles. The van der Waals surface area contributed by atoms with E-state index in [1.54, 1.807) is 0 Å². The van der Waals surface area contributed by atoms with E-state index in [2.05, 4.69) is 6.92 Å². The molecule has 0 saturated carbocycles. The van der Waals surface area contributed by atoms with Gasteiger partial charge in [-0.05, 0) is 30.5 Å². The summed E-state index contributed by atoms with van der Waals surface area (Å²) in [7, 11) is 0. The minimum absolute atomic E-state index is 0.595. The van der Waals surface area contributed by atoms with Crippen LogP contribution in [0.25, 0.3) is 6.08 Å². The van der Waals surface area contributed by atoms with Gasteiger partial charge in [-0.3, -0.25) is 0 Å². The molecule has 3 heteroatoms. The number of allylic oxidation sites excluding steroid dienone is 1. The van der Waals surface area contributed by atoms with Gasteiger partial charge in [0.2, 0.25) is 0 Å². The second kappa shape index (κ2) is 7.24. The van der Waals surface area contributed by atoms with Gasteiger partial charge in [0.25, 0.3) is 0 Å². The van der Waals surface area contributed by atoms with Crippen molar-refractivity contribution < 1.29 is 13.2 Å². The van der Waals surface area contributed by atoms with Crippen LogP contribution in [-0.4, -0.2) is 0 Å². The lowest BCUT2D eigenvalue weighted by Gasteiger charge is -2.05. The van der Waals surface area contributed by atoms with E-state index in [0.29, 0.717) is 0 Å². The fourth-order valence-electron chi connectivity index (χ4n) is 1.69. The summed E-state index contributed by atoms with van der Waals surface area (Å²) in [4.78, 5) is 0. The number of hydrogen-bond acceptors (Lipinski definition) is 0. The molecule has 18 heavy (non-hydrogen) atoms. The number of benzene rings is 1. The van der Waals surface area contributed by atoms with E-state index in [4.69, 9.17) is 0 Å². The molecule has 0 amide bonds. The SMILES string of the molecule is CCCCCC/C=C/c1ccc(C(F)(F)F)cc1. The molecule has 0 saturated heterocycles. The molecule has 0 N–H and O–H groups in total. The molecule has 1 aromatic carbocycles. The third-order valence-electron chi connectivity index (χ3n) is 2.77. The minimum Gasteiger partial charge on any atom is -0.166 e. The molecule has 0 spiro atoms. The third kappa shape index (κ3) is 5.39. The van der Waals surface area contributed by atoms with Gasteiger partial charge in [0.05, 0.1) is 5.56 Å². The number of unbranched alkanes of at least 4 members (excludes halogenated alkanes) is 4. The molecule has 0 fully saturated rings. The molecule has 100 valence electrons. The maximum Gasteiger partial charge on any atom is 0.416 e. The summed E-state index contributed by atoms with van der Waals surface area (Å²) in [5, 5.41) is 0. The number of halogens is 3. The van der Waals surface area contributed by atoms with Gasteiger partial charge in [-0.1, -0.05) is 50.5 Å². The molecule has 1 rings (SSSR count). The van der Waals surface area contributed by atoms with Crippen LogP contribution in [0.5, 0.6) is 0 Å². The Morgan fingerprint density at radius 3 is 2.22 bits per heavy atom. The lowest BCUT2D eigenvalue weighted by molar-refractivity contribution is -0.137. The smallest absolute Gasteiger partial charge is 0.166 e. The molecule has 0 aliphatic rings. The lowest BCUT2D eigenvalue weighted by atomic mass is 10.1. The van der Waals surface area contributed by atoms with E-state index in [-0.39, 0.29) is 0 Å². The summed E-state index contributed by atoms with van der Waals surface area (Å²) in [5.74, 6) is 0. The average molecular weight is 256 g/mol. The van der Waals surface area contributed by atoms with Crippen molar-refractivity contribution in [1.29, 1.82) is 0 Å². The van der Waals surface area contributed by atoms with Crippen LogP contribution in [-0.2, 0) is 6.18 Å². The van der Waals surface area contributed by atoms with Gasteiger partial charge in [-0.25, -0.2) is 0 Å². The molecule has 0 unspecified atom stereocenters. The monoisotopic (exact) mass is 256 g/mol. The second-order valence-corrected chi connectivity index (χ2v) is 4.37. The van der Waals surface area contributed by atoms with E-state index >= 15 is 0 Å². The molecular formula is C15H19F3. The van der Waals surface area contributed by atoms with Crippen molar-refractivity contribution in [2.75, 3.05) is 0 Å². The predicted octanol–water partition coefficient (Wildman–Crippen LogP) is 5.69. The van der Waals surface area contributed by atoms with Crippen LogP contribution in [0.1, 0.15) is 50.2 Å². The summed E-state index contributed by atoms with van der Waals surface area (Å²) in [6, 6.07) is 5.25. The Balaban J connectivity index is 2.41. The van der Waals surface area contributed by atoms with Crippen LogP contribution in [0, 0.1) is 0 Å². The largest absolute Gasteiger partial charge is 0.416 e. The minimum atomic E-state index is -4.25. The highest BCUT2D eigenvalue weighted by atomic mass is 19.4. The third-order valence-corrected chi connectivity index (χ3v) is 2.77. The molecule has 0 aliphatic carbocycles. The summed E-state index contributed by atoms with van der Waals surface area (Å²) in [6.07, 6.45) is 5.46. The quantitative estimate of drug-likeness (QED) is 0.573. The molecule has 0 atom stereocenters. The van der Waals surface area contributed by atoms with Crippen molar-refractivity contribution in [2.45, 2.75) is 45.2 Å². The van der Waals surface area contributed by atoms with Crippen molar-refractivity contribution in [2.24, 2.45) is 0 Å². The topological polar surface area (TPSA) is 0 Å². The molecule has 0 radical (unpaired) electrons. The standard InChI is InChI=1S/C15H19F3/c1-2-3-4-5-6-7-8-13-9-11-14(12-10-13)15(16,17)18/h7-12H,2-6H2,1H3/b8-7+. The highest BCUT2D eigenvalue weighted by molar-refractivity contribution is 5.49. The maximum absolute atomic E-state index is 12.3. The summed E-state index contributed by atoms with van der Waals surface area (Å²) in [5.41, 5.74) is 0.223. The average Bonchev–Trinajstić information content (AvgIpc) is 2.33. The fourth-order valence-corrected chi connectivity index (χ4v) is 1.69. The van der Waals surface area contributed by atoms with Gasteiger partial charge in [0, 0.05) is 0 Å². The van der Waals surface area contributed by atoms with Gasteiger partial charge in [0.15, 0.2) is 0 Å². The lowest BCUT2D eigenvalue weighted by Crippen LogP contribution is -2.03. The summed E-state index contributed by atoms with van der Waals surface area (Å²) in [6.45, 7) is 2.16. The van der Waals surface area contributed by atoms with Crippen molar-refractivity contribution in [3.63, 3.8) is 0 Å². The van der Waals surface area contributed by atoms with Crippen LogP contribution in [0.3, 0.4) is 0 Å². The van der Waals surface area contributed by atoms with Crippen LogP contribution >= 0.6 is 0 Å². The van der Waals surface area contributed by atoms with Crippen molar-refractivity contribution in [1.82, 2.24) is 0 Å². The van der Waals surface area contributed by atoms with E-state index in [9.17, 15) is 13.2 Å². The first-order valence-electron chi connectivity index (χ1n) is 6.38. The first-order valence-corrected chi connectivity index (χ1v) is 6.38. The van der Waals surface area contributed by atoms with E-state index in [1.165, 1.54) is 31.4 Å². The number of rotatable bonds is 6. The first-order chi connectivity index (χ1) is 8.54. The summed E-state index contributed by atoms with van der Waals surface area (Å²) < 4.78 is 37.0. The van der Waals surface area contributed by atoms with Crippen LogP contribution in [0.4, 0.5) is 13.2 Å². The fraction of sp³-hybridized carbons (Fsp3) is 0.467. The zero-order valence-electron chi connectivity index (χ0n) is 10.6. The Morgan fingerprint density at radius 1 is 1.00 bits per heavy atom. The van der Waals surface area contributed by atoms with Gasteiger partial charge < -0.3 is 0 Å². The highest BCUT2D eigenvalue weighted by Gasteiger charge is 2.29. The van der Waals surface area contributed by atoms with Crippen molar-refractivity contribution >= 4 is 6.08 Å². The molecule has 1 aromatic rings. The molecule has 0 aliphatic heterocycles. The predicted molar refractivity (Wildman–Crippen MR) is 69.2 cm³/mol. The summed E-state index contributed by atoms with van der Waals surface area (Å²) >= 11 is 0. The van der Waals surface area contributed by atoms with Gasteiger partial charge >= 0.3 is 6.18 Å². The van der Waals surface area contributed by atoms with Crippen LogP contribution in [0.15, 0.2) is 30.3 Å². The van der Waals surface area contributed by atoms with Crippen LogP contribution in [0.2, 0.25) is 0 Å². The van der Waals surface area contributed by atoms with E-state index in [0.717, 1.165) is 30.5 Å². The first kappa shape index (κ1) is 14.8. The highest BCUT2D eigenvalue weighted by Crippen LogP contribution is 2.29. The van der Waals surface area contributed by atoms with Gasteiger partial charge in [-0.15, -0.1) is 0 Å². The van der Waals surface area contributed by atoms with E-state index < -0.39 is 11.7 Å². The second-order valence-electron chi connectivity index (χ2n) is 4.37. The Hall–Kier alpha value is -1.25. The molecule has 0 nitrogen and oxygen atoms in total. The van der Waals surface area contributed by atoms with E-state index in [1.807, 2.05) is 12.2 Å². The molecule has 0 bridgehead atoms. The normalized spacial score (nSPS) is 12.2.